The van der Waals surface area contributed by atoms with Crippen molar-refractivity contribution in [3.05, 3.63) is 0 Å². The highest BCUT2D eigenvalue weighted by Crippen LogP contribution is 2.09. The van der Waals surface area contributed by atoms with Crippen molar-refractivity contribution in [3.63, 3.8) is 0 Å². The smallest absolute Gasteiger partial charge is 0.292 e. The second-order valence-corrected chi connectivity index (χ2v) is 9.47. The van der Waals surface area contributed by atoms with Gasteiger partial charge in [0, 0.05) is 19.3 Å². The summed E-state index contributed by atoms with van der Waals surface area (Å²) >= 11 is 0. The standard InChI is InChI=1S/C12H24O3Si/c1-5-11(13)9-7-6-8-10-12(14)15-16(2,3)4/h5-10H2,1-4H3. The summed E-state index contributed by atoms with van der Waals surface area (Å²) in [6.45, 7) is 7.90. The minimum Gasteiger partial charge on any atom is -0.520 e. The van der Waals surface area contributed by atoms with Gasteiger partial charge in [0.05, 0.1) is 0 Å². The van der Waals surface area contributed by atoms with Crippen molar-refractivity contribution in [2.24, 2.45) is 0 Å². The van der Waals surface area contributed by atoms with Crippen molar-refractivity contribution in [3.8, 4) is 0 Å². The second kappa shape index (κ2) is 7.60. The third-order valence-corrected chi connectivity index (χ3v) is 2.99. The average molecular weight is 244 g/mol. The zero-order valence-electron chi connectivity index (χ0n) is 11.0. The summed E-state index contributed by atoms with van der Waals surface area (Å²) < 4.78 is 5.32. The van der Waals surface area contributed by atoms with E-state index >= 15 is 0 Å². The van der Waals surface area contributed by atoms with E-state index in [1.54, 1.807) is 0 Å². The highest BCUT2D eigenvalue weighted by atomic mass is 28.4. The molecule has 94 valence electrons. The molecule has 0 radical (unpaired) electrons. The number of hydrogen-bond acceptors (Lipinski definition) is 3. The molecule has 3 nitrogen and oxygen atoms in total. The normalized spacial score (nSPS) is 11.2. The monoisotopic (exact) mass is 244 g/mol. The van der Waals surface area contributed by atoms with E-state index in [9.17, 15) is 9.59 Å². The molecule has 0 aromatic heterocycles. The molecule has 0 unspecified atom stereocenters. The molecule has 0 spiro atoms. The van der Waals surface area contributed by atoms with Crippen LogP contribution in [-0.4, -0.2) is 20.1 Å². The highest BCUT2D eigenvalue weighted by molar-refractivity contribution is 6.71. The van der Waals surface area contributed by atoms with Crippen molar-refractivity contribution in [2.45, 2.75) is 65.1 Å². The van der Waals surface area contributed by atoms with Crippen LogP contribution in [0.4, 0.5) is 0 Å². The molecule has 0 amide bonds. The van der Waals surface area contributed by atoms with Crippen LogP contribution in [0, 0.1) is 0 Å². The fraction of sp³-hybridized carbons (Fsp3) is 0.833. The van der Waals surface area contributed by atoms with E-state index in [0.717, 1.165) is 19.3 Å². The first kappa shape index (κ1) is 15.4. The molecule has 0 heterocycles. The Labute approximate surface area is 99.7 Å². The van der Waals surface area contributed by atoms with E-state index in [1.165, 1.54) is 0 Å². The summed E-state index contributed by atoms with van der Waals surface area (Å²) in [4.78, 5) is 22.4. The maximum absolute atomic E-state index is 11.4. The lowest BCUT2D eigenvalue weighted by Crippen LogP contribution is -2.28. The molecule has 0 rings (SSSR count). The van der Waals surface area contributed by atoms with Crippen LogP contribution in [0.1, 0.15) is 45.4 Å². The van der Waals surface area contributed by atoms with Gasteiger partial charge in [-0.2, -0.15) is 0 Å². The number of hydrogen-bond donors (Lipinski definition) is 0. The fourth-order valence-corrected chi connectivity index (χ4v) is 2.12. The Bertz CT molecular complexity index is 231. The summed E-state index contributed by atoms with van der Waals surface area (Å²) in [6.07, 6.45) is 4.43. The number of carbonyl (C=O) groups is 2. The molecule has 0 aliphatic rings. The minimum atomic E-state index is -1.72. The van der Waals surface area contributed by atoms with Crippen LogP contribution in [0.5, 0.6) is 0 Å². The van der Waals surface area contributed by atoms with Gasteiger partial charge in [-0.15, -0.1) is 0 Å². The Morgan fingerprint density at radius 1 is 1.00 bits per heavy atom. The van der Waals surface area contributed by atoms with E-state index in [0.29, 0.717) is 25.0 Å². The second-order valence-electron chi connectivity index (χ2n) is 5.04. The van der Waals surface area contributed by atoms with E-state index in [2.05, 4.69) is 0 Å². The van der Waals surface area contributed by atoms with Crippen molar-refractivity contribution >= 4 is 20.1 Å². The van der Waals surface area contributed by atoms with Crippen molar-refractivity contribution in [2.75, 3.05) is 0 Å². The fourth-order valence-electron chi connectivity index (χ4n) is 1.34. The van der Waals surface area contributed by atoms with E-state index in [4.69, 9.17) is 4.43 Å². The van der Waals surface area contributed by atoms with Crippen LogP contribution >= 0.6 is 0 Å². The first-order valence-corrected chi connectivity index (χ1v) is 9.49. The molecular formula is C12H24O3Si. The van der Waals surface area contributed by atoms with Crippen LogP contribution in [0.15, 0.2) is 0 Å². The number of carbonyl (C=O) groups excluding carboxylic acids is 2. The highest BCUT2D eigenvalue weighted by Gasteiger charge is 2.19. The first-order chi connectivity index (χ1) is 7.35. The van der Waals surface area contributed by atoms with Gasteiger partial charge < -0.3 is 4.43 Å². The molecular weight excluding hydrogens is 220 g/mol. The van der Waals surface area contributed by atoms with Crippen LogP contribution < -0.4 is 0 Å². The minimum absolute atomic E-state index is 0.0824. The van der Waals surface area contributed by atoms with E-state index < -0.39 is 8.32 Å². The summed E-state index contributed by atoms with van der Waals surface area (Å²) in [7, 11) is -1.72. The predicted octanol–water partition coefficient (Wildman–Crippen LogP) is 3.29. The molecule has 0 aliphatic heterocycles. The molecule has 0 aliphatic carbocycles. The van der Waals surface area contributed by atoms with Gasteiger partial charge in [-0.25, -0.2) is 0 Å². The summed E-state index contributed by atoms with van der Waals surface area (Å²) in [5.74, 6) is 0.227. The molecule has 0 saturated carbocycles. The van der Waals surface area contributed by atoms with E-state index in [-0.39, 0.29) is 5.97 Å². The zero-order chi connectivity index (χ0) is 12.6. The summed E-state index contributed by atoms with van der Waals surface area (Å²) in [5, 5.41) is 0. The van der Waals surface area contributed by atoms with Crippen molar-refractivity contribution in [1.82, 2.24) is 0 Å². The van der Waals surface area contributed by atoms with Crippen LogP contribution in [-0.2, 0) is 14.0 Å². The number of unbranched alkanes of at least 4 members (excludes halogenated alkanes) is 2. The molecule has 0 aromatic rings. The molecule has 16 heavy (non-hydrogen) atoms. The molecule has 0 fully saturated rings. The number of Topliss-reactive ketones (excluding diaryl/α,β-unsaturated/α-hetero) is 1. The van der Waals surface area contributed by atoms with Gasteiger partial charge in [0.1, 0.15) is 5.78 Å². The maximum atomic E-state index is 11.4. The van der Waals surface area contributed by atoms with Gasteiger partial charge in [0.25, 0.3) is 5.97 Å². The Morgan fingerprint density at radius 3 is 2.06 bits per heavy atom. The summed E-state index contributed by atoms with van der Waals surface area (Å²) in [6, 6.07) is 0. The van der Waals surface area contributed by atoms with Crippen LogP contribution in [0.2, 0.25) is 19.6 Å². The zero-order valence-corrected chi connectivity index (χ0v) is 12.0. The largest absolute Gasteiger partial charge is 0.520 e. The molecule has 0 aromatic carbocycles. The molecule has 0 atom stereocenters. The van der Waals surface area contributed by atoms with E-state index in [1.807, 2.05) is 26.6 Å². The molecule has 0 saturated heterocycles. The maximum Gasteiger partial charge on any atom is 0.292 e. The van der Waals surface area contributed by atoms with Gasteiger partial charge in [-0.1, -0.05) is 13.3 Å². The van der Waals surface area contributed by atoms with Crippen molar-refractivity contribution in [1.29, 1.82) is 0 Å². The van der Waals surface area contributed by atoms with Crippen molar-refractivity contribution < 1.29 is 14.0 Å². The average Bonchev–Trinajstić information content (AvgIpc) is 2.14. The Morgan fingerprint density at radius 2 is 1.56 bits per heavy atom. The van der Waals surface area contributed by atoms with Gasteiger partial charge in [-0.05, 0) is 32.5 Å². The number of rotatable bonds is 8. The lowest BCUT2D eigenvalue weighted by atomic mass is 10.1. The third kappa shape index (κ3) is 9.89. The van der Waals surface area contributed by atoms with Gasteiger partial charge in [0.15, 0.2) is 0 Å². The third-order valence-electron chi connectivity index (χ3n) is 2.15. The molecule has 0 bridgehead atoms. The summed E-state index contributed by atoms with van der Waals surface area (Å²) in [5.41, 5.74) is 0. The number of ketones is 1. The van der Waals surface area contributed by atoms with Gasteiger partial charge >= 0.3 is 0 Å². The molecule has 4 heteroatoms. The Hall–Kier alpha value is -0.643. The topological polar surface area (TPSA) is 43.4 Å². The van der Waals surface area contributed by atoms with Gasteiger partial charge in [-0.3, -0.25) is 9.59 Å². The van der Waals surface area contributed by atoms with Gasteiger partial charge in [0.2, 0.25) is 8.32 Å². The quantitative estimate of drug-likeness (QED) is 0.486. The predicted molar refractivity (Wildman–Crippen MR) is 67.8 cm³/mol. The lowest BCUT2D eigenvalue weighted by molar-refractivity contribution is -0.135. The first-order valence-electron chi connectivity index (χ1n) is 6.08. The SMILES string of the molecule is CCC(=O)CCCCCC(=O)O[Si](C)(C)C. The Balaban J connectivity index is 3.45. The Kier molecular flexibility index (Phi) is 7.30. The van der Waals surface area contributed by atoms with Crippen LogP contribution in [0.25, 0.3) is 0 Å². The lowest BCUT2D eigenvalue weighted by Gasteiger charge is -2.17. The molecule has 0 N–H and O–H groups in total. The van der Waals surface area contributed by atoms with Crippen LogP contribution in [0.3, 0.4) is 0 Å².